The molecule has 0 aliphatic heterocycles. The van der Waals surface area contributed by atoms with E-state index in [4.69, 9.17) is 0 Å². The molecule has 6 heteroatoms. The molecule has 0 radical (unpaired) electrons. The van der Waals surface area contributed by atoms with Crippen LogP contribution in [0.25, 0.3) is 17.2 Å². The minimum absolute atomic E-state index is 0.129. The number of aryl methyl sites for hydroxylation is 1. The predicted octanol–water partition coefficient (Wildman–Crippen LogP) is 2.00. The molecule has 1 N–H and O–H groups in total. The summed E-state index contributed by atoms with van der Waals surface area (Å²) >= 11 is 1.99. The first-order valence-corrected chi connectivity index (χ1v) is 6.43. The van der Waals surface area contributed by atoms with Crippen LogP contribution < -0.4 is 5.56 Å². The molecule has 0 aliphatic rings. The maximum atomic E-state index is 11.7. The zero-order valence-electron chi connectivity index (χ0n) is 9.51. The van der Waals surface area contributed by atoms with Gasteiger partial charge in [0, 0.05) is 12.4 Å². The van der Waals surface area contributed by atoms with Crippen LogP contribution in [0.2, 0.25) is 0 Å². The lowest BCUT2D eigenvalue weighted by molar-refractivity contribution is 1.04. The summed E-state index contributed by atoms with van der Waals surface area (Å²) < 4.78 is 2.50. The highest BCUT2D eigenvalue weighted by atomic mass is 127. The Bertz CT molecular complexity index is 757. The van der Waals surface area contributed by atoms with Crippen molar-refractivity contribution in [1.82, 2.24) is 19.4 Å². The molecule has 3 aromatic rings. The Morgan fingerprint density at radius 2 is 2.17 bits per heavy atom. The molecule has 0 atom stereocenters. The standard InChI is InChI=1S/C12H9IN4O/c1-7-10(13)12(18)16-11(14-7)8-6-17-5-3-2-4-9(17)15-8/h2-6H,1H3,(H,14,16,18). The fourth-order valence-electron chi connectivity index (χ4n) is 1.74. The molecular formula is C12H9IN4O. The summed E-state index contributed by atoms with van der Waals surface area (Å²) in [5, 5.41) is 0. The van der Waals surface area contributed by atoms with Gasteiger partial charge in [0.2, 0.25) is 0 Å². The molecule has 0 fully saturated rings. The van der Waals surface area contributed by atoms with Crippen molar-refractivity contribution in [2.24, 2.45) is 0 Å². The third kappa shape index (κ3) is 1.82. The smallest absolute Gasteiger partial charge is 0.264 e. The Morgan fingerprint density at radius 3 is 2.89 bits per heavy atom. The summed E-state index contributed by atoms with van der Waals surface area (Å²) in [7, 11) is 0. The summed E-state index contributed by atoms with van der Waals surface area (Å²) in [6, 6.07) is 5.75. The highest BCUT2D eigenvalue weighted by Gasteiger charge is 2.09. The quantitative estimate of drug-likeness (QED) is 0.682. The first-order chi connectivity index (χ1) is 8.65. The van der Waals surface area contributed by atoms with Crippen molar-refractivity contribution >= 4 is 28.2 Å². The van der Waals surface area contributed by atoms with Gasteiger partial charge < -0.3 is 9.38 Å². The second kappa shape index (κ2) is 4.20. The summed E-state index contributed by atoms with van der Waals surface area (Å²) in [4.78, 5) is 23.2. The summed E-state index contributed by atoms with van der Waals surface area (Å²) in [6.07, 6.45) is 3.75. The van der Waals surface area contributed by atoms with Gasteiger partial charge in [-0.15, -0.1) is 0 Å². The fourth-order valence-corrected chi connectivity index (χ4v) is 2.00. The molecule has 3 rings (SSSR count). The van der Waals surface area contributed by atoms with Crippen LogP contribution in [0, 0.1) is 10.5 Å². The largest absolute Gasteiger partial charge is 0.306 e. The monoisotopic (exact) mass is 352 g/mol. The number of imidazole rings is 1. The number of halogens is 1. The van der Waals surface area contributed by atoms with Gasteiger partial charge in [-0.1, -0.05) is 6.07 Å². The lowest BCUT2D eigenvalue weighted by atomic mass is 10.4. The molecule has 3 aromatic heterocycles. The van der Waals surface area contributed by atoms with E-state index in [-0.39, 0.29) is 5.56 Å². The first-order valence-electron chi connectivity index (χ1n) is 5.35. The number of nitrogens with zero attached hydrogens (tertiary/aromatic N) is 3. The van der Waals surface area contributed by atoms with E-state index >= 15 is 0 Å². The number of fused-ring (bicyclic) bond motifs is 1. The second-order valence-corrected chi connectivity index (χ2v) is 4.98. The van der Waals surface area contributed by atoms with E-state index in [0.29, 0.717) is 20.8 Å². The SMILES string of the molecule is Cc1nc(-c2cn3ccccc3n2)[nH]c(=O)c1I. The van der Waals surface area contributed by atoms with Crippen LogP contribution >= 0.6 is 22.6 Å². The number of aromatic nitrogens is 4. The normalized spacial score (nSPS) is 11.0. The Hall–Kier alpha value is -1.70. The van der Waals surface area contributed by atoms with Crippen molar-refractivity contribution in [2.45, 2.75) is 6.92 Å². The average Bonchev–Trinajstić information content (AvgIpc) is 2.79. The molecule has 3 heterocycles. The topological polar surface area (TPSA) is 63.1 Å². The van der Waals surface area contributed by atoms with Gasteiger partial charge in [-0.25, -0.2) is 9.97 Å². The highest BCUT2D eigenvalue weighted by Crippen LogP contribution is 2.15. The predicted molar refractivity (Wildman–Crippen MR) is 76.5 cm³/mol. The van der Waals surface area contributed by atoms with E-state index in [2.05, 4.69) is 15.0 Å². The minimum atomic E-state index is -0.129. The van der Waals surface area contributed by atoms with Crippen LogP contribution in [0.1, 0.15) is 5.69 Å². The number of aromatic amines is 1. The molecule has 0 unspecified atom stereocenters. The van der Waals surface area contributed by atoms with Gasteiger partial charge in [0.05, 0.1) is 9.26 Å². The maximum Gasteiger partial charge on any atom is 0.264 e. The van der Waals surface area contributed by atoms with E-state index in [1.54, 1.807) is 0 Å². The fraction of sp³-hybridized carbons (Fsp3) is 0.0833. The number of hydrogen-bond acceptors (Lipinski definition) is 3. The molecule has 0 spiro atoms. The average molecular weight is 352 g/mol. The summed E-state index contributed by atoms with van der Waals surface area (Å²) in [5.74, 6) is 0.501. The van der Waals surface area contributed by atoms with Crippen LogP contribution in [-0.2, 0) is 0 Å². The van der Waals surface area contributed by atoms with E-state index in [0.717, 1.165) is 5.65 Å². The molecule has 90 valence electrons. The van der Waals surface area contributed by atoms with Crippen molar-refractivity contribution in [3.05, 3.63) is 50.2 Å². The zero-order valence-corrected chi connectivity index (χ0v) is 11.7. The molecule has 5 nitrogen and oxygen atoms in total. The lowest BCUT2D eigenvalue weighted by Gasteiger charge is -1.99. The van der Waals surface area contributed by atoms with Gasteiger partial charge in [-0.3, -0.25) is 4.79 Å². The molecule has 0 saturated carbocycles. The Kier molecular flexibility index (Phi) is 2.66. The van der Waals surface area contributed by atoms with Crippen LogP contribution in [0.15, 0.2) is 35.4 Å². The number of hydrogen-bond donors (Lipinski definition) is 1. The molecular weight excluding hydrogens is 343 g/mol. The molecule has 0 aliphatic carbocycles. The Labute approximate surface area is 116 Å². The van der Waals surface area contributed by atoms with Gasteiger partial charge in [0.25, 0.3) is 5.56 Å². The third-order valence-electron chi connectivity index (χ3n) is 2.64. The Balaban J connectivity index is 2.23. The van der Waals surface area contributed by atoms with Crippen molar-refractivity contribution < 1.29 is 0 Å². The van der Waals surface area contributed by atoms with E-state index in [9.17, 15) is 4.79 Å². The van der Waals surface area contributed by atoms with Gasteiger partial charge in [0.15, 0.2) is 5.82 Å². The molecule has 18 heavy (non-hydrogen) atoms. The van der Waals surface area contributed by atoms with Crippen LogP contribution in [0.4, 0.5) is 0 Å². The van der Waals surface area contributed by atoms with E-state index < -0.39 is 0 Å². The van der Waals surface area contributed by atoms with Gasteiger partial charge in [0.1, 0.15) is 11.3 Å². The van der Waals surface area contributed by atoms with E-state index in [1.165, 1.54) is 0 Å². The summed E-state index contributed by atoms with van der Waals surface area (Å²) in [6.45, 7) is 1.82. The van der Waals surface area contributed by atoms with Crippen molar-refractivity contribution in [3.63, 3.8) is 0 Å². The number of pyridine rings is 1. The van der Waals surface area contributed by atoms with Crippen LogP contribution in [0.3, 0.4) is 0 Å². The van der Waals surface area contributed by atoms with Crippen LogP contribution in [-0.4, -0.2) is 19.4 Å². The van der Waals surface area contributed by atoms with Crippen molar-refractivity contribution in [2.75, 3.05) is 0 Å². The van der Waals surface area contributed by atoms with Crippen molar-refractivity contribution in [3.8, 4) is 11.5 Å². The number of H-pyrrole nitrogens is 1. The molecule has 0 bridgehead atoms. The van der Waals surface area contributed by atoms with Crippen LogP contribution in [0.5, 0.6) is 0 Å². The zero-order chi connectivity index (χ0) is 12.7. The second-order valence-electron chi connectivity index (χ2n) is 3.91. The lowest BCUT2D eigenvalue weighted by Crippen LogP contribution is -2.14. The maximum absolute atomic E-state index is 11.7. The third-order valence-corrected chi connectivity index (χ3v) is 3.91. The van der Waals surface area contributed by atoms with Gasteiger partial charge >= 0.3 is 0 Å². The van der Waals surface area contributed by atoms with E-state index in [1.807, 2.05) is 64.5 Å². The number of nitrogens with one attached hydrogen (secondary N) is 1. The minimum Gasteiger partial charge on any atom is -0.306 e. The molecule has 0 amide bonds. The molecule has 0 saturated heterocycles. The Morgan fingerprint density at radius 1 is 1.33 bits per heavy atom. The highest BCUT2D eigenvalue weighted by molar-refractivity contribution is 14.1. The summed E-state index contributed by atoms with van der Waals surface area (Å²) in [5.41, 5.74) is 2.07. The van der Waals surface area contributed by atoms with Gasteiger partial charge in [-0.05, 0) is 41.6 Å². The first kappa shape index (κ1) is 11.4. The molecule has 0 aromatic carbocycles. The van der Waals surface area contributed by atoms with Gasteiger partial charge in [-0.2, -0.15) is 0 Å². The number of rotatable bonds is 1. The van der Waals surface area contributed by atoms with Crippen molar-refractivity contribution in [1.29, 1.82) is 0 Å².